The number of rotatable bonds is 4. The average Bonchev–Trinajstić information content (AvgIpc) is 3.07. The van der Waals surface area contributed by atoms with Crippen molar-refractivity contribution in [3.8, 4) is 0 Å². The van der Waals surface area contributed by atoms with E-state index in [0.717, 1.165) is 30.4 Å². The van der Waals surface area contributed by atoms with Crippen LogP contribution in [0, 0.1) is 0 Å². The number of likely N-dealkylation sites (tertiary alicyclic amines) is 1. The molecule has 0 aliphatic carbocycles. The number of aromatic nitrogens is 4. The van der Waals surface area contributed by atoms with Crippen LogP contribution < -0.4 is 0 Å². The van der Waals surface area contributed by atoms with E-state index in [9.17, 15) is 0 Å². The Labute approximate surface area is 145 Å². The summed E-state index contributed by atoms with van der Waals surface area (Å²) < 4.78 is 0. The molecule has 1 unspecified atom stereocenters. The van der Waals surface area contributed by atoms with Gasteiger partial charge in [-0.3, -0.25) is 4.90 Å². The Hall–Kier alpha value is -1.92. The summed E-state index contributed by atoms with van der Waals surface area (Å²) in [6.07, 6.45) is 10.2. The Balaban J connectivity index is 1.46. The molecule has 3 aromatic rings. The van der Waals surface area contributed by atoms with Crippen LogP contribution in [0.5, 0.6) is 0 Å². The van der Waals surface area contributed by atoms with Gasteiger partial charge in [0.05, 0.1) is 0 Å². The van der Waals surface area contributed by atoms with Crippen LogP contribution in [-0.4, -0.2) is 44.2 Å². The zero-order valence-corrected chi connectivity index (χ0v) is 14.6. The van der Waals surface area contributed by atoms with Crippen LogP contribution in [-0.2, 0) is 6.54 Å². The summed E-state index contributed by atoms with van der Waals surface area (Å²) in [6.45, 7) is 3.12. The molecular weight excluding hydrogens is 318 g/mol. The van der Waals surface area contributed by atoms with E-state index in [-0.39, 0.29) is 0 Å². The third kappa shape index (κ3) is 3.30. The topological polar surface area (TPSA) is 57.7 Å². The van der Waals surface area contributed by atoms with Crippen LogP contribution in [0.25, 0.3) is 11.0 Å². The molecule has 0 spiro atoms. The van der Waals surface area contributed by atoms with E-state index in [4.69, 9.17) is 0 Å². The van der Waals surface area contributed by atoms with Gasteiger partial charge in [-0.25, -0.2) is 15.0 Å². The molecule has 24 heavy (non-hydrogen) atoms. The number of H-pyrrole nitrogens is 1. The third-order valence-corrected chi connectivity index (χ3v) is 5.20. The van der Waals surface area contributed by atoms with Crippen molar-refractivity contribution in [3.63, 3.8) is 0 Å². The average molecular weight is 339 g/mol. The van der Waals surface area contributed by atoms with Gasteiger partial charge in [-0.2, -0.15) is 0 Å². The van der Waals surface area contributed by atoms with Crippen molar-refractivity contribution in [2.75, 3.05) is 19.3 Å². The van der Waals surface area contributed by atoms with E-state index < -0.39 is 0 Å². The van der Waals surface area contributed by atoms with E-state index in [2.05, 4.69) is 37.0 Å². The number of hydrogen-bond donors (Lipinski definition) is 1. The SMILES string of the molecule is CSc1ncc(CN2CCCC(c3cc4cccnc4[nH]3)C2)cn1. The minimum absolute atomic E-state index is 0.541. The first-order chi connectivity index (χ1) is 11.8. The van der Waals surface area contributed by atoms with Crippen molar-refractivity contribution in [2.24, 2.45) is 0 Å². The molecule has 1 saturated heterocycles. The van der Waals surface area contributed by atoms with Gasteiger partial charge in [-0.1, -0.05) is 11.8 Å². The van der Waals surface area contributed by atoms with Gasteiger partial charge in [-0.15, -0.1) is 0 Å². The number of pyridine rings is 1. The van der Waals surface area contributed by atoms with Gasteiger partial charge in [0.1, 0.15) is 5.65 Å². The van der Waals surface area contributed by atoms with Gasteiger partial charge in [0.2, 0.25) is 0 Å². The van der Waals surface area contributed by atoms with Gasteiger partial charge >= 0.3 is 0 Å². The fraction of sp³-hybridized carbons (Fsp3) is 0.389. The summed E-state index contributed by atoms with van der Waals surface area (Å²) in [5.41, 5.74) is 3.49. The molecule has 3 aromatic heterocycles. The number of hydrogen-bond acceptors (Lipinski definition) is 5. The third-order valence-electron chi connectivity index (χ3n) is 4.63. The molecule has 1 aliphatic heterocycles. The van der Waals surface area contributed by atoms with Gasteiger partial charge in [-0.05, 0) is 43.8 Å². The Morgan fingerprint density at radius 3 is 2.96 bits per heavy atom. The van der Waals surface area contributed by atoms with E-state index in [0.29, 0.717) is 5.92 Å². The molecular formula is C18H21N5S. The molecule has 0 amide bonds. The van der Waals surface area contributed by atoms with Crippen molar-refractivity contribution in [2.45, 2.75) is 30.5 Å². The summed E-state index contributed by atoms with van der Waals surface area (Å²) in [5.74, 6) is 0.541. The number of nitrogens with one attached hydrogen (secondary N) is 1. The second kappa shape index (κ2) is 6.91. The summed E-state index contributed by atoms with van der Waals surface area (Å²) in [5, 5.41) is 2.03. The molecule has 4 heterocycles. The summed E-state index contributed by atoms with van der Waals surface area (Å²) >= 11 is 1.58. The lowest BCUT2D eigenvalue weighted by molar-refractivity contribution is 0.198. The molecule has 6 heteroatoms. The van der Waals surface area contributed by atoms with Crippen molar-refractivity contribution < 1.29 is 0 Å². The van der Waals surface area contributed by atoms with Crippen molar-refractivity contribution in [3.05, 3.63) is 48.0 Å². The number of piperidine rings is 1. The van der Waals surface area contributed by atoms with Crippen molar-refractivity contribution in [1.29, 1.82) is 0 Å². The predicted molar refractivity (Wildman–Crippen MR) is 97.2 cm³/mol. The van der Waals surface area contributed by atoms with E-state index in [1.54, 1.807) is 11.8 Å². The molecule has 5 nitrogen and oxygen atoms in total. The number of fused-ring (bicyclic) bond motifs is 1. The molecule has 1 fully saturated rings. The second-order valence-electron chi connectivity index (χ2n) is 6.32. The molecule has 1 aliphatic rings. The first kappa shape index (κ1) is 15.6. The summed E-state index contributed by atoms with van der Waals surface area (Å²) in [6, 6.07) is 6.37. The molecule has 0 saturated carbocycles. The fourth-order valence-corrected chi connectivity index (χ4v) is 3.76. The van der Waals surface area contributed by atoms with Gasteiger partial charge < -0.3 is 4.98 Å². The maximum Gasteiger partial charge on any atom is 0.187 e. The minimum atomic E-state index is 0.541. The highest BCUT2D eigenvalue weighted by atomic mass is 32.2. The quantitative estimate of drug-likeness (QED) is 0.583. The largest absolute Gasteiger partial charge is 0.343 e. The van der Waals surface area contributed by atoms with Crippen LogP contribution >= 0.6 is 11.8 Å². The normalized spacial score (nSPS) is 19.0. The minimum Gasteiger partial charge on any atom is -0.343 e. The zero-order valence-electron chi connectivity index (χ0n) is 13.8. The summed E-state index contributed by atoms with van der Waals surface area (Å²) in [4.78, 5) is 19.2. The van der Waals surface area contributed by atoms with E-state index in [1.165, 1.54) is 29.5 Å². The highest BCUT2D eigenvalue weighted by Crippen LogP contribution is 2.29. The highest BCUT2D eigenvalue weighted by Gasteiger charge is 2.23. The summed E-state index contributed by atoms with van der Waals surface area (Å²) in [7, 11) is 0. The van der Waals surface area contributed by atoms with Crippen LogP contribution in [0.15, 0.2) is 41.9 Å². The van der Waals surface area contributed by atoms with Crippen LogP contribution in [0.3, 0.4) is 0 Å². The number of nitrogens with zero attached hydrogens (tertiary/aromatic N) is 4. The predicted octanol–water partition coefficient (Wildman–Crippen LogP) is 3.45. The maximum atomic E-state index is 4.41. The lowest BCUT2D eigenvalue weighted by atomic mass is 9.94. The van der Waals surface area contributed by atoms with Gasteiger partial charge in [0.15, 0.2) is 5.16 Å². The van der Waals surface area contributed by atoms with Gasteiger partial charge in [0, 0.05) is 54.2 Å². The maximum absolute atomic E-state index is 4.41. The molecule has 124 valence electrons. The van der Waals surface area contributed by atoms with Crippen LogP contribution in [0.1, 0.15) is 30.0 Å². The lowest BCUT2D eigenvalue weighted by Crippen LogP contribution is -2.34. The smallest absolute Gasteiger partial charge is 0.187 e. The highest BCUT2D eigenvalue weighted by molar-refractivity contribution is 7.98. The van der Waals surface area contributed by atoms with Crippen molar-refractivity contribution in [1.82, 2.24) is 24.8 Å². The first-order valence-corrected chi connectivity index (χ1v) is 9.55. The molecule has 4 rings (SSSR count). The molecule has 0 aromatic carbocycles. The van der Waals surface area contributed by atoms with Crippen molar-refractivity contribution >= 4 is 22.8 Å². The number of aromatic amines is 1. The van der Waals surface area contributed by atoms with E-state index >= 15 is 0 Å². The number of thioether (sulfide) groups is 1. The Morgan fingerprint density at radius 2 is 2.17 bits per heavy atom. The Bertz CT molecular complexity index is 781. The second-order valence-corrected chi connectivity index (χ2v) is 7.09. The van der Waals surface area contributed by atoms with Crippen LogP contribution in [0.4, 0.5) is 0 Å². The molecule has 1 atom stereocenters. The monoisotopic (exact) mass is 339 g/mol. The Kier molecular flexibility index (Phi) is 4.49. The van der Waals surface area contributed by atoms with Crippen LogP contribution in [0.2, 0.25) is 0 Å². The first-order valence-electron chi connectivity index (χ1n) is 8.33. The van der Waals surface area contributed by atoms with Gasteiger partial charge in [0.25, 0.3) is 0 Å². The fourth-order valence-electron chi connectivity index (χ4n) is 3.44. The lowest BCUT2D eigenvalue weighted by Gasteiger charge is -2.32. The zero-order chi connectivity index (χ0) is 16.4. The van der Waals surface area contributed by atoms with E-state index in [1.807, 2.05) is 30.9 Å². The Morgan fingerprint density at radius 1 is 1.29 bits per heavy atom. The molecule has 0 bridgehead atoms. The molecule has 0 radical (unpaired) electrons. The molecule has 1 N–H and O–H groups in total. The standard InChI is InChI=1S/C18H21N5S/c1-24-18-20-9-13(10-21-18)11-23-7-3-5-15(12-23)16-8-14-4-2-6-19-17(14)22-16/h2,4,6,8-10,15H,3,5,7,11-12H2,1H3,(H,19,22).